The highest BCUT2D eigenvalue weighted by Crippen LogP contribution is 2.62. The fraction of sp³-hybridized carbons (Fsp3) is 1.00. The molecule has 1 heterocycles. The lowest BCUT2D eigenvalue weighted by atomic mass is 9.68. The summed E-state index contributed by atoms with van der Waals surface area (Å²) in [6.07, 6.45) is 4.39. The van der Waals surface area contributed by atoms with E-state index < -0.39 is 5.79 Å². The van der Waals surface area contributed by atoms with E-state index in [0.717, 1.165) is 12.5 Å². The maximum Gasteiger partial charge on any atom is 0.163 e. The van der Waals surface area contributed by atoms with Crippen LogP contribution >= 0.6 is 0 Å². The molecule has 2 saturated carbocycles. The van der Waals surface area contributed by atoms with Crippen LogP contribution in [0.1, 0.15) is 53.9 Å². The van der Waals surface area contributed by atoms with Crippen molar-refractivity contribution < 1.29 is 9.47 Å². The number of hydrogen-bond acceptors (Lipinski definition) is 3. The van der Waals surface area contributed by atoms with E-state index in [-0.39, 0.29) is 6.10 Å². The molecule has 3 aliphatic rings. The minimum absolute atomic E-state index is 0.202. The van der Waals surface area contributed by atoms with Gasteiger partial charge in [0.05, 0.1) is 12.7 Å². The van der Waals surface area contributed by atoms with Gasteiger partial charge >= 0.3 is 0 Å². The van der Waals surface area contributed by atoms with Crippen LogP contribution in [0, 0.1) is 16.7 Å². The van der Waals surface area contributed by atoms with Crippen LogP contribution in [0.4, 0.5) is 0 Å². The Morgan fingerprint density at radius 2 is 1.89 bits per heavy atom. The summed E-state index contributed by atoms with van der Waals surface area (Å²) < 4.78 is 11.6. The molecule has 110 valence electrons. The molecular weight excluding hydrogens is 238 g/mol. The number of fused-ring (bicyclic) bond motifs is 2. The van der Waals surface area contributed by atoms with E-state index in [1.54, 1.807) is 0 Å². The van der Waals surface area contributed by atoms with E-state index in [0.29, 0.717) is 23.5 Å². The molecular formula is C16H29NO2. The van der Waals surface area contributed by atoms with Crippen molar-refractivity contribution in [3.8, 4) is 0 Å². The van der Waals surface area contributed by atoms with Crippen LogP contribution in [0.2, 0.25) is 0 Å². The maximum absolute atomic E-state index is 5.91. The van der Waals surface area contributed by atoms with Crippen molar-refractivity contribution in [1.82, 2.24) is 5.32 Å². The highest BCUT2D eigenvalue weighted by molar-refractivity contribution is 5.12. The molecule has 0 amide bonds. The summed E-state index contributed by atoms with van der Waals surface area (Å²) >= 11 is 0. The number of nitrogens with one attached hydrogen (secondary N) is 1. The smallest absolute Gasteiger partial charge is 0.163 e. The predicted octanol–water partition coefficient (Wildman–Crippen LogP) is 2.94. The summed E-state index contributed by atoms with van der Waals surface area (Å²) in [4.78, 5) is 0. The van der Waals surface area contributed by atoms with Gasteiger partial charge in [-0.05, 0) is 49.9 Å². The molecule has 2 bridgehead atoms. The van der Waals surface area contributed by atoms with Gasteiger partial charge in [0, 0.05) is 12.6 Å². The first-order valence-electron chi connectivity index (χ1n) is 7.78. The van der Waals surface area contributed by atoms with E-state index >= 15 is 0 Å². The summed E-state index contributed by atoms with van der Waals surface area (Å²) in [5.74, 6) is 0.493. The molecule has 2 aliphatic carbocycles. The molecule has 3 fully saturated rings. The zero-order valence-electron chi connectivity index (χ0n) is 13.1. The summed E-state index contributed by atoms with van der Waals surface area (Å²) in [6.45, 7) is 13.0. The lowest BCUT2D eigenvalue weighted by Crippen LogP contribution is -2.52. The molecule has 0 aromatic heterocycles. The Kier molecular flexibility index (Phi) is 3.05. The van der Waals surface area contributed by atoms with Crippen molar-refractivity contribution in [2.75, 3.05) is 13.2 Å². The fourth-order valence-electron chi connectivity index (χ4n) is 4.92. The highest BCUT2D eigenvalue weighted by atomic mass is 16.7. The Morgan fingerprint density at radius 3 is 2.42 bits per heavy atom. The van der Waals surface area contributed by atoms with Crippen molar-refractivity contribution in [2.45, 2.75) is 71.8 Å². The van der Waals surface area contributed by atoms with Crippen LogP contribution in [-0.2, 0) is 9.47 Å². The molecule has 4 atom stereocenters. The molecule has 2 unspecified atom stereocenters. The molecule has 0 aromatic rings. The third kappa shape index (κ3) is 2.24. The predicted molar refractivity (Wildman–Crippen MR) is 75.9 cm³/mol. The molecule has 0 spiro atoms. The van der Waals surface area contributed by atoms with Crippen molar-refractivity contribution in [2.24, 2.45) is 16.7 Å². The van der Waals surface area contributed by atoms with Crippen molar-refractivity contribution >= 4 is 0 Å². The Bertz CT molecular complexity index is 361. The second-order valence-electron chi connectivity index (χ2n) is 8.21. The number of ether oxygens (including phenoxy) is 2. The van der Waals surface area contributed by atoms with Crippen molar-refractivity contribution in [1.29, 1.82) is 0 Å². The summed E-state index contributed by atoms with van der Waals surface area (Å²) in [5.41, 5.74) is 0.908. The van der Waals surface area contributed by atoms with Gasteiger partial charge in [-0.15, -0.1) is 0 Å². The van der Waals surface area contributed by atoms with Crippen LogP contribution in [0.3, 0.4) is 0 Å². The minimum atomic E-state index is -0.402. The van der Waals surface area contributed by atoms with E-state index in [1.165, 1.54) is 19.3 Å². The number of hydrogen-bond donors (Lipinski definition) is 1. The number of rotatable bonds is 3. The fourth-order valence-corrected chi connectivity index (χ4v) is 4.92. The topological polar surface area (TPSA) is 30.5 Å². The zero-order valence-corrected chi connectivity index (χ0v) is 13.1. The SMILES string of the molecule is CC1(C)OCC(CNC2C(C)(C)[C@H]3CC[C@]2(C)C3)O1. The minimum Gasteiger partial charge on any atom is -0.348 e. The third-order valence-electron chi connectivity index (χ3n) is 5.89. The highest BCUT2D eigenvalue weighted by Gasteiger charge is 2.59. The van der Waals surface area contributed by atoms with Crippen molar-refractivity contribution in [3.63, 3.8) is 0 Å². The van der Waals surface area contributed by atoms with Gasteiger partial charge in [0.1, 0.15) is 0 Å². The Morgan fingerprint density at radius 1 is 1.16 bits per heavy atom. The summed E-state index contributed by atoms with van der Waals surface area (Å²) in [5, 5.41) is 3.82. The molecule has 3 heteroatoms. The second kappa shape index (κ2) is 4.19. The third-order valence-corrected chi connectivity index (χ3v) is 5.89. The zero-order chi connectivity index (χ0) is 13.9. The van der Waals surface area contributed by atoms with Gasteiger partial charge in [-0.3, -0.25) is 0 Å². The van der Waals surface area contributed by atoms with Gasteiger partial charge in [0.15, 0.2) is 5.79 Å². The van der Waals surface area contributed by atoms with Gasteiger partial charge < -0.3 is 14.8 Å². The van der Waals surface area contributed by atoms with Crippen LogP contribution in [0.5, 0.6) is 0 Å². The molecule has 0 radical (unpaired) electrons. The molecule has 3 nitrogen and oxygen atoms in total. The molecule has 1 N–H and O–H groups in total. The molecule has 19 heavy (non-hydrogen) atoms. The Hall–Kier alpha value is -0.120. The van der Waals surface area contributed by atoms with E-state index in [1.807, 2.05) is 13.8 Å². The van der Waals surface area contributed by atoms with Crippen LogP contribution in [0.15, 0.2) is 0 Å². The largest absolute Gasteiger partial charge is 0.348 e. The van der Waals surface area contributed by atoms with E-state index in [4.69, 9.17) is 9.47 Å². The van der Waals surface area contributed by atoms with Gasteiger partial charge in [-0.25, -0.2) is 0 Å². The van der Waals surface area contributed by atoms with Crippen LogP contribution in [0.25, 0.3) is 0 Å². The standard InChI is InChI=1S/C16H29NO2/c1-14(2)11-6-7-16(5,8-11)13(14)17-9-12-10-18-15(3,4)19-12/h11-13,17H,6-10H2,1-5H3/t11-,12?,13?,16+/m0/s1. The van der Waals surface area contributed by atoms with Crippen LogP contribution < -0.4 is 5.32 Å². The lowest BCUT2D eigenvalue weighted by Gasteiger charge is -2.43. The van der Waals surface area contributed by atoms with Gasteiger partial charge in [-0.2, -0.15) is 0 Å². The van der Waals surface area contributed by atoms with Gasteiger partial charge in [0.2, 0.25) is 0 Å². The Labute approximate surface area is 117 Å². The normalized spacial score (nSPS) is 46.9. The summed E-state index contributed by atoms with van der Waals surface area (Å²) in [7, 11) is 0. The van der Waals surface area contributed by atoms with Crippen LogP contribution in [-0.4, -0.2) is 31.1 Å². The lowest BCUT2D eigenvalue weighted by molar-refractivity contribution is -0.138. The first-order chi connectivity index (χ1) is 8.73. The second-order valence-corrected chi connectivity index (χ2v) is 8.21. The molecule has 3 rings (SSSR count). The monoisotopic (exact) mass is 267 g/mol. The maximum atomic E-state index is 5.91. The van der Waals surface area contributed by atoms with Crippen molar-refractivity contribution in [3.05, 3.63) is 0 Å². The first kappa shape index (κ1) is 13.8. The Balaban J connectivity index is 1.61. The van der Waals surface area contributed by atoms with E-state index in [9.17, 15) is 0 Å². The first-order valence-corrected chi connectivity index (χ1v) is 7.78. The average molecular weight is 267 g/mol. The average Bonchev–Trinajstić information content (AvgIpc) is 2.87. The molecule has 0 aromatic carbocycles. The molecule has 1 saturated heterocycles. The van der Waals surface area contributed by atoms with Gasteiger partial charge in [0.25, 0.3) is 0 Å². The van der Waals surface area contributed by atoms with Gasteiger partial charge in [-0.1, -0.05) is 20.8 Å². The summed E-state index contributed by atoms with van der Waals surface area (Å²) in [6, 6.07) is 0.617. The quantitative estimate of drug-likeness (QED) is 0.853. The van der Waals surface area contributed by atoms with E-state index in [2.05, 4.69) is 26.1 Å². The molecule has 1 aliphatic heterocycles.